The first-order valence-corrected chi connectivity index (χ1v) is 15.4. The van der Waals surface area contributed by atoms with Gasteiger partial charge in [-0.05, 0) is 38.4 Å². The van der Waals surface area contributed by atoms with Crippen molar-refractivity contribution in [2.45, 2.75) is 62.7 Å². The molecule has 2 aromatic carbocycles. The number of methoxy groups -OCH3 is 1. The Bertz CT molecular complexity index is 1690. The minimum Gasteiger partial charge on any atom is -0.504 e. The van der Waals surface area contributed by atoms with Crippen molar-refractivity contribution in [3.05, 3.63) is 39.4 Å². The van der Waals surface area contributed by atoms with E-state index in [1.807, 2.05) is 20.0 Å². The summed E-state index contributed by atoms with van der Waals surface area (Å²) in [4.78, 5) is 42.3. The Morgan fingerprint density at radius 2 is 1.89 bits per heavy atom. The van der Waals surface area contributed by atoms with Crippen molar-refractivity contribution in [1.29, 1.82) is 5.26 Å². The first-order chi connectivity index (χ1) is 21.1. The lowest BCUT2D eigenvalue weighted by Crippen LogP contribution is -2.69. The lowest BCUT2D eigenvalue weighted by atomic mass is 9.71. The number of carbonyl (C=O) groups excluding carboxylic acids is 3. The van der Waals surface area contributed by atoms with Gasteiger partial charge in [-0.25, -0.2) is 4.79 Å². The highest BCUT2D eigenvalue weighted by Gasteiger charge is 2.60. The Hall–Kier alpha value is -3.99. The summed E-state index contributed by atoms with van der Waals surface area (Å²) in [5.74, 6) is -0.855. The number of ketones is 1. The summed E-state index contributed by atoms with van der Waals surface area (Å²) >= 11 is 1.22. The lowest BCUT2D eigenvalue weighted by Gasteiger charge is -2.61. The van der Waals surface area contributed by atoms with Gasteiger partial charge in [0.1, 0.15) is 18.4 Å². The number of phenolic OH excluding ortho intramolecular Hbond substituents is 1. The van der Waals surface area contributed by atoms with Crippen molar-refractivity contribution in [1.82, 2.24) is 9.80 Å². The largest absolute Gasteiger partial charge is 0.504 e. The van der Waals surface area contributed by atoms with Gasteiger partial charge in [-0.2, -0.15) is 5.26 Å². The molecule has 7 rings (SSSR count). The lowest BCUT2D eigenvalue weighted by molar-refractivity contribution is -0.157. The van der Waals surface area contributed by atoms with E-state index in [1.165, 1.54) is 25.8 Å². The fraction of sp³-hybridized carbons (Fsp3) is 0.484. The number of cyclic esters (lactones) is 1. The monoisotopic (exact) mass is 621 g/mol. The van der Waals surface area contributed by atoms with Gasteiger partial charge < -0.3 is 28.8 Å². The average molecular weight is 622 g/mol. The fourth-order valence-electron chi connectivity index (χ4n) is 7.90. The van der Waals surface area contributed by atoms with Crippen LogP contribution >= 0.6 is 11.8 Å². The number of nitriles is 1. The van der Waals surface area contributed by atoms with Gasteiger partial charge >= 0.3 is 11.9 Å². The van der Waals surface area contributed by atoms with E-state index in [9.17, 15) is 24.8 Å². The molecule has 4 bridgehead atoms. The van der Waals surface area contributed by atoms with Crippen molar-refractivity contribution < 1.29 is 43.2 Å². The van der Waals surface area contributed by atoms with Crippen molar-refractivity contribution in [2.75, 3.05) is 33.3 Å². The maximum atomic E-state index is 12.9. The quantitative estimate of drug-likeness (QED) is 0.298. The number of piperazine rings is 1. The molecular weight excluding hydrogens is 590 g/mol. The van der Waals surface area contributed by atoms with Gasteiger partial charge in [0.15, 0.2) is 23.0 Å². The van der Waals surface area contributed by atoms with E-state index in [2.05, 4.69) is 15.9 Å². The van der Waals surface area contributed by atoms with Crippen LogP contribution in [0.5, 0.6) is 28.7 Å². The van der Waals surface area contributed by atoms with Crippen LogP contribution in [-0.4, -0.2) is 84.1 Å². The number of aryl methyl sites for hydroxylation is 1. The topological polar surface area (TPSA) is 148 Å². The van der Waals surface area contributed by atoms with Gasteiger partial charge in [0.2, 0.25) is 12.6 Å². The number of ether oxygens (including phenoxy) is 5. The van der Waals surface area contributed by atoms with Crippen molar-refractivity contribution >= 4 is 29.5 Å². The van der Waals surface area contributed by atoms with Gasteiger partial charge in [0, 0.05) is 41.3 Å². The second kappa shape index (κ2) is 10.3. The standard InChI is InChI=1S/C31H31N3O9S/c1-12-6-15-7-16-17(8-32)34-18-9-40-31(38)19(36)10-44-30(24(34)23(33(16)4)20(15)25(37)26(12)39-5)22-21(18)29-28(41-11-42-29)13(2)27(22)43-14(3)35/h6,16-18,23-24,30,37H,7,9-11H2,1-5H3/t16-,17+,18+,23+,24-,30-/m1/s1. The van der Waals surface area contributed by atoms with Crippen LogP contribution in [-0.2, 0) is 25.5 Å². The number of likely N-dealkylation sites (N-methyl/N-ethyl adjacent to an activating group) is 1. The number of hydrogen-bond donors (Lipinski definition) is 1. The highest BCUT2D eigenvalue weighted by Crippen LogP contribution is 2.63. The summed E-state index contributed by atoms with van der Waals surface area (Å²) < 4.78 is 29.0. The van der Waals surface area contributed by atoms with E-state index >= 15 is 0 Å². The van der Waals surface area contributed by atoms with E-state index < -0.39 is 47.1 Å². The third kappa shape index (κ3) is 3.87. The fourth-order valence-corrected chi connectivity index (χ4v) is 9.23. The third-order valence-corrected chi connectivity index (χ3v) is 10.8. The second-order valence-corrected chi connectivity index (χ2v) is 12.9. The first kappa shape index (κ1) is 28.8. The zero-order valence-corrected chi connectivity index (χ0v) is 25.6. The molecular formula is C31H31N3O9S. The summed E-state index contributed by atoms with van der Waals surface area (Å²) in [5.41, 5.74) is 4.16. The average Bonchev–Trinajstić information content (AvgIpc) is 3.47. The Labute approximate surface area is 257 Å². The molecule has 12 nitrogen and oxygen atoms in total. The van der Waals surface area contributed by atoms with E-state index in [-0.39, 0.29) is 30.9 Å². The Balaban J connectivity index is 1.57. The number of nitrogens with zero attached hydrogens (tertiary/aromatic N) is 3. The number of fused-ring (bicyclic) bond motifs is 9. The molecule has 0 radical (unpaired) electrons. The van der Waals surface area contributed by atoms with Crippen molar-refractivity contribution in [3.8, 4) is 34.8 Å². The molecule has 0 saturated carbocycles. The van der Waals surface area contributed by atoms with Crippen LogP contribution in [0.3, 0.4) is 0 Å². The summed E-state index contributed by atoms with van der Waals surface area (Å²) in [7, 11) is 3.45. The second-order valence-electron chi connectivity index (χ2n) is 11.8. The van der Waals surface area contributed by atoms with Crippen LogP contribution in [0.1, 0.15) is 57.6 Å². The normalized spacial score (nSPS) is 28.7. The van der Waals surface area contributed by atoms with Crippen molar-refractivity contribution in [3.63, 3.8) is 0 Å². The maximum absolute atomic E-state index is 12.9. The SMILES string of the molecule is COc1c(C)cc2c(c1O)[C@H]1[C@@H]3[C@@H]4SCC(=O)C(=O)OC[C@@H](c5c6c(c(C)c(OC(C)=O)c54)OCO6)N3[C@@H](C#N)[C@@H](C2)N1C. The van der Waals surface area contributed by atoms with Crippen LogP contribution in [0.25, 0.3) is 0 Å². The molecule has 2 fully saturated rings. The van der Waals surface area contributed by atoms with E-state index in [0.29, 0.717) is 51.7 Å². The Kier molecular flexibility index (Phi) is 6.73. The smallest absolute Gasteiger partial charge is 0.375 e. The maximum Gasteiger partial charge on any atom is 0.375 e. The van der Waals surface area contributed by atoms with Gasteiger partial charge in [-0.15, -0.1) is 11.8 Å². The van der Waals surface area contributed by atoms with Crippen LogP contribution in [0.4, 0.5) is 0 Å². The minimum absolute atomic E-state index is 0.0240. The summed E-state index contributed by atoms with van der Waals surface area (Å²) in [6.07, 6.45) is 0.488. The zero-order valence-electron chi connectivity index (χ0n) is 24.8. The van der Waals surface area contributed by atoms with Gasteiger partial charge in [-0.1, -0.05) is 6.07 Å². The molecule has 5 aliphatic rings. The minimum atomic E-state index is -0.949. The van der Waals surface area contributed by atoms with E-state index in [0.717, 1.165) is 11.1 Å². The highest BCUT2D eigenvalue weighted by molar-refractivity contribution is 8.00. The molecule has 2 aromatic rings. The predicted octanol–water partition coefficient (Wildman–Crippen LogP) is 2.80. The molecule has 5 heterocycles. The number of rotatable bonds is 2. The van der Waals surface area contributed by atoms with Gasteiger partial charge in [0.25, 0.3) is 0 Å². The Morgan fingerprint density at radius 1 is 1.14 bits per heavy atom. The molecule has 230 valence electrons. The molecule has 0 aromatic heterocycles. The van der Waals surface area contributed by atoms with E-state index in [4.69, 9.17) is 23.7 Å². The molecule has 44 heavy (non-hydrogen) atoms. The van der Waals surface area contributed by atoms with Crippen LogP contribution < -0.4 is 18.9 Å². The molecule has 2 saturated heterocycles. The van der Waals surface area contributed by atoms with Crippen LogP contribution in [0.2, 0.25) is 0 Å². The molecule has 5 aliphatic heterocycles. The first-order valence-electron chi connectivity index (χ1n) is 14.3. The highest BCUT2D eigenvalue weighted by atomic mass is 32.2. The summed E-state index contributed by atoms with van der Waals surface area (Å²) in [5, 5.41) is 21.9. The van der Waals surface area contributed by atoms with Crippen LogP contribution in [0.15, 0.2) is 6.07 Å². The molecule has 0 spiro atoms. The molecule has 0 unspecified atom stereocenters. The summed E-state index contributed by atoms with van der Waals surface area (Å²) in [6, 6.07) is 1.81. The third-order valence-electron chi connectivity index (χ3n) is 9.54. The van der Waals surface area contributed by atoms with Crippen LogP contribution in [0, 0.1) is 25.2 Å². The molecule has 1 N–H and O–H groups in total. The van der Waals surface area contributed by atoms with Crippen molar-refractivity contribution in [2.24, 2.45) is 0 Å². The summed E-state index contributed by atoms with van der Waals surface area (Å²) in [6.45, 7) is 4.65. The number of hydrogen-bond acceptors (Lipinski definition) is 13. The van der Waals surface area contributed by atoms with Gasteiger partial charge in [0.05, 0.1) is 36.3 Å². The molecule has 0 aliphatic carbocycles. The molecule has 0 amide bonds. The predicted molar refractivity (Wildman–Crippen MR) is 155 cm³/mol. The zero-order chi connectivity index (χ0) is 31.2. The number of benzene rings is 2. The van der Waals surface area contributed by atoms with Gasteiger partial charge in [-0.3, -0.25) is 19.4 Å². The number of carbonyl (C=O) groups is 3. The number of phenols is 1. The number of aromatic hydroxyl groups is 1. The number of Topliss-reactive ketones (excluding diaryl/α,β-unsaturated/α-hetero) is 1. The molecule has 13 heteroatoms. The Morgan fingerprint density at radius 3 is 2.59 bits per heavy atom. The number of thioether (sulfide) groups is 1. The van der Waals surface area contributed by atoms with E-state index in [1.54, 1.807) is 6.92 Å². The molecule has 6 atom stereocenters. The number of esters is 2.